The maximum atomic E-state index is 12.3. The molecule has 0 unspecified atom stereocenters. The van der Waals surface area contributed by atoms with Gasteiger partial charge in [-0.15, -0.1) is 0 Å². The minimum atomic E-state index is -0.533. The van der Waals surface area contributed by atoms with E-state index < -0.39 is 4.92 Å². The third-order valence-electron chi connectivity index (χ3n) is 3.07. The summed E-state index contributed by atoms with van der Waals surface area (Å²) in [6, 6.07) is 8.79. The summed E-state index contributed by atoms with van der Waals surface area (Å²) in [5.74, 6) is 0.547. The van der Waals surface area contributed by atoms with Gasteiger partial charge in [0, 0.05) is 12.1 Å². The van der Waals surface area contributed by atoms with Gasteiger partial charge in [0.1, 0.15) is 16.9 Å². The van der Waals surface area contributed by atoms with Crippen LogP contribution in [0.25, 0.3) is 21.9 Å². The van der Waals surface area contributed by atoms with Crippen LogP contribution < -0.4 is 10.2 Å². The van der Waals surface area contributed by atoms with Crippen molar-refractivity contribution in [3.8, 4) is 5.75 Å². The molecule has 6 heteroatoms. The number of non-ortho nitro benzene ring substituents is 1. The SMILES string of the molecule is COc1ccc2c(=O)c3ccc([N+](=O)[O-])cc3oc2c1. The van der Waals surface area contributed by atoms with Gasteiger partial charge in [-0.05, 0) is 18.2 Å². The molecule has 20 heavy (non-hydrogen) atoms. The van der Waals surface area contributed by atoms with Gasteiger partial charge < -0.3 is 9.15 Å². The van der Waals surface area contributed by atoms with Crippen LogP contribution in [0.3, 0.4) is 0 Å². The molecule has 0 aliphatic rings. The Hall–Kier alpha value is -2.89. The number of benzene rings is 2. The first kappa shape index (κ1) is 12.2. The monoisotopic (exact) mass is 271 g/mol. The van der Waals surface area contributed by atoms with Crippen LogP contribution in [-0.2, 0) is 0 Å². The highest BCUT2D eigenvalue weighted by Crippen LogP contribution is 2.25. The number of hydrogen-bond donors (Lipinski definition) is 0. The molecule has 0 fully saturated rings. The third kappa shape index (κ3) is 1.78. The Balaban J connectivity index is 2.41. The summed E-state index contributed by atoms with van der Waals surface area (Å²) in [6.07, 6.45) is 0. The first-order valence-corrected chi connectivity index (χ1v) is 5.79. The Kier molecular flexibility index (Phi) is 2.64. The summed E-state index contributed by atoms with van der Waals surface area (Å²) in [5, 5.41) is 11.5. The van der Waals surface area contributed by atoms with Crippen LogP contribution in [0.4, 0.5) is 5.69 Å². The first-order valence-electron chi connectivity index (χ1n) is 5.79. The summed E-state index contributed by atoms with van der Waals surface area (Å²) in [5.41, 5.74) is 0.175. The molecular weight excluding hydrogens is 262 g/mol. The summed E-state index contributed by atoms with van der Waals surface area (Å²) in [6.45, 7) is 0. The Morgan fingerprint density at radius 2 is 1.75 bits per heavy atom. The predicted octanol–water partition coefficient (Wildman–Crippen LogP) is 2.86. The van der Waals surface area contributed by atoms with Gasteiger partial charge in [-0.3, -0.25) is 14.9 Å². The fourth-order valence-electron chi connectivity index (χ4n) is 2.06. The highest BCUT2D eigenvalue weighted by atomic mass is 16.6. The van der Waals surface area contributed by atoms with E-state index in [0.717, 1.165) is 0 Å². The molecule has 0 bridgehead atoms. The summed E-state index contributed by atoms with van der Waals surface area (Å²) in [7, 11) is 1.51. The van der Waals surface area contributed by atoms with Crippen molar-refractivity contribution in [2.24, 2.45) is 0 Å². The standard InChI is InChI=1S/C14H9NO5/c1-19-9-3-5-11-13(7-9)20-12-6-8(15(17)18)2-4-10(12)14(11)16/h2-7H,1H3. The molecule has 0 saturated carbocycles. The molecular formula is C14H9NO5. The van der Waals surface area contributed by atoms with Crippen LogP contribution in [-0.4, -0.2) is 12.0 Å². The van der Waals surface area contributed by atoms with Crippen molar-refractivity contribution in [3.05, 3.63) is 56.7 Å². The van der Waals surface area contributed by atoms with Crippen LogP contribution in [0.5, 0.6) is 5.75 Å². The van der Waals surface area contributed by atoms with E-state index in [1.165, 1.54) is 25.3 Å². The number of nitro groups is 1. The molecule has 0 N–H and O–H groups in total. The van der Waals surface area contributed by atoms with Gasteiger partial charge >= 0.3 is 0 Å². The number of ether oxygens (including phenoxy) is 1. The second kappa shape index (κ2) is 4.34. The molecule has 0 saturated heterocycles. The van der Waals surface area contributed by atoms with Gasteiger partial charge in [0.2, 0.25) is 5.43 Å². The highest BCUT2D eigenvalue weighted by Gasteiger charge is 2.12. The topological polar surface area (TPSA) is 82.6 Å². The molecule has 3 aromatic rings. The zero-order valence-corrected chi connectivity index (χ0v) is 10.5. The minimum Gasteiger partial charge on any atom is -0.497 e. The van der Waals surface area contributed by atoms with E-state index in [0.29, 0.717) is 22.1 Å². The van der Waals surface area contributed by atoms with Crippen LogP contribution in [0.15, 0.2) is 45.6 Å². The zero-order chi connectivity index (χ0) is 14.3. The fourth-order valence-corrected chi connectivity index (χ4v) is 2.06. The van der Waals surface area contributed by atoms with Crippen molar-refractivity contribution in [1.82, 2.24) is 0 Å². The Morgan fingerprint density at radius 1 is 1.10 bits per heavy atom. The lowest BCUT2D eigenvalue weighted by molar-refractivity contribution is -0.384. The molecule has 2 aromatic carbocycles. The lowest BCUT2D eigenvalue weighted by atomic mass is 10.1. The highest BCUT2D eigenvalue weighted by molar-refractivity contribution is 5.91. The van der Waals surface area contributed by atoms with E-state index in [2.05, 4.69) is 0 Å². The van der Waals surface area contributed by atoms with Crippen LogP contribution in [0.1, 0.15) is 0 Å². The molecule has 0 aliphatic carbocycles. The number of rotatable bonds is 2. The Labute approximate surface area is 112 Å². The number of nitro benzene ring substituents is 1. The smallest absolute Gasteiger partial charge is 0.273 e. The second-order valence-corrected chi connectivity index (χ2v) is 4.23. The van der Waals surface area contributed by atoms with E-state index in [9.17, 15) is 14.9 Å². The minimum absolute atomic E-state index is 0.122. The molecule has 1 aromatic heterocycles. The average molecular weight is 271 g/mol. The number of hydrogen-bond acceptors (Lipinski definition) is 5. The van der Waals surface area contributed by atoms with Crippen LogP contribution in [0.2, 0.25) is 0 Å². The first-order chi connectivity index (χ1) is 9.60. The van der Waals surface area contributed by atoms with Crippen LogP contribution >= 0.6 is 0 Å². The maximum absolute atomic E-state index is 12.3. The number of nitrogens with zero attached hydrogens (tertiary/aromatic N) is 1. The van der Waals surface area contributed by atoms with Gasteiger partial charge in [0.15, 0.2) is 0 Å². The van der Waals surface area contributed by atoms with E-state index in [1.54, 1.807) is 18.2 Å². The number of fused-ring (bicyclic) bond motifs is 2. The van der Waals surface area contributed by atoms with E-state index >= 15 is 0 Å². The quantitative estimate of drug-likeness (QED) is 0.406. The molecule has 0 amide bonds. The van der Waals surface area contributed by atoms with Crippen molar-refractivity contribution in [3.63, 3.8) is 0 Å². The van der Waals surface area contributed by atoms with Gasteiger partial charge in [0.25, 0.3) is 5.69 Å². The van der Waals surface area contributed by atoms with Crippen LogP contribution in [0, 0.1) is 10.1 Å². The van der Waals surface area contributed by atoms with Crippen molar-refractivity contribution in [1.29, 1.82) is 0 Å². The molecule has 6 nitrogen and oxygen atoms in total. The van der Waals surface area contributed by atoms with E-state index in [1.807, 2.05) is 0 Å². The number of methoxy groups -OCH3 is 1. The lowest BCUT2D eigenvalue weighted by Gasteiger charge is -2.03. The van der Waals surface area contributed by atoms with E-state index in [-0.39, 0.29) is 16.7 Å². The fraction of sp³-hybridized carbons (Fsp3) is 0.0714. The van der Waals surface area contributed by atoms with Gasteiger partial charge in [0.05, 0.1) is 28.9 Å². The molecule has 0 atom stereocenters. The molecule has 0 radical (unpaired) electrons. The maximum Gasteiger partial charge on any atom is 0.273 e. The zero-order valence-electron chi connectivity index (χ0n) is 10.5. The average Bonchev–Trinajstić information content (AvgIpc) is 2.46. The van der Waals surface area contributed by atoms with Crippen molar-refractivity contribution in [2.45, 2.75) is 0 Å². The normalized spacial score (nSPS) is 10.8. The van der Waals surface area contributed by atoms with Gasteiger partial charge in [-0.2, -0.15) is 0 Å². The summed E-state index contributed by atoms with van der Waals surface area (Å²) < 4.78 is 10.6. The Morgan fingerprint density at radius 3 is 2.40 bits per heavy atom. The van der Waals surface area contributed by atoms with Crippen molar-refractivity contribution < 1.29 is 14.1 Å². The Bertz CT molecular complexity index is 897. The molecule has 0 aliphatic heterocycles. The molecule has 0 spiro atoms. The molecule has 100 valence electrons. The van der Waals surface area contributed by atoms with Gasteiger partial charge in [-0.1, -0.05) is 0 Å². The second-order valence-electron chi connectivity index (χ2n) is 4.23. The van der Waals surface area contributed by atoms with Crippen molar-refractivity contribution >= 4 is 27.6 Å². The largest absolute Gasteiger partial charge is 0.497 e. The van der Waals surface area contributed by atoms with Gasteiger partial charge in [-0.25, -0.2) is 0 Å². The molecule has 1 heterocycles. The lowest BCUT2D eigenvalue weighted by Crippen LogP contribution is -2.02. The summed E-state index contributed by atoms with van der Waals surface area (Å²) >= 11 is 0. The van der Waals surface area contributed by atoms with Crippen molar-refractivity contribution in [2.75, 3.05) is 7.11 Å². The van der Waals surface area contributed by atoms with E-state index in [4.69, 9.17) is 9.15 Å². The summed E-state index contributed by atoms with van der Waals surface area (Å²) in [4.78, 5) is 22.5. The third-order valence-corrected chi connectivity index (χ3v) is 3.07. The molecule has 3 rings (SSSR count). The predicted molar refractivity (Wildman–Crippen MR) is 73.2 cm³/mol.